The molecule has 1 aromatic rings. The standard InChI is InChI=1S/C13H15N3O5/c1-3-21-10-6-4-5-8(12(10)16(19)20)14-9-7-11(17)15(2)13(9)18/h4-6,9,14H,3,7H2,1-2H3. The van der Waals surface area contributed by atoms with Crippen LogP contribution >= 0.6 is 0 Å². The Kier molecular flexibility index (Phi) is 4.06. The maximum atomic E-state index is 11.9. The number of para-hydroxylation sites is 1. The van der Waals surface area contributed by atoms with Crippen LogP contribution in [0.25, 0.3) is 0 Å². The molecule has 1 saturated heterocycles. The molecule has 0 bridgehead atoms. The lowest BCUT2D eigenvalue weighted by atomic mass is 10.2. The summed E-state index contributed by atoms with van der Waals surface area (Å²) in [6.45, 7) is 2.01. The van der Waals surface area contributed by atoms with Crippen molar-refractivity contribution < 1.29 is 19.2 Å². The lowest BCUT2D eigenvalue weighted by molar-refractivity contribution is -0.384. The molecule has 1 N–H and O–H groups in total. The number of nitro groups is 1. The van der Waals surface area contributed by atoms with Gasteiger partial charge in [0, 0.05) is 7.05 Å². The van der Waals surface area contributed by atoms with Crippen molar-refractivity contribution in [3.05, 3.63) is 28.3 Å². The molecule has 0 radical (unpaired) electrons. The van der Waals surface area contributed by atoms with Crippen LogP contribution in [-0.4, -0.2) is 41.3 Å². The number of amides is 2. The highest BCUT2D eigenvalue weighted by Crippen LogP contribution is 2.35. The number of nitro benzene ring substituents is 1. The number of benzene rings is 1. The van der Waals surface area contributed by atoms with E-state index in [-0.39, 0.29) is 36.1 Å². The van der Waals surface area contributed by atoms with Crippen LogP contribution in [-0.2, 0) is 9.59 Å². The van der Waals surface area contributed by atoms with Crippen molar-refractivity contribution in [2.45, 2.75) is 19.4 Å². The van der Waals surface area contributed by atoms with Crippen LogP contribution < -0.4 is 10.1 Å². The fraction of sp³-hybridized carbons (Fsp3) is 0.385. The fourth-order valence-electron chi connectivity index (χ4n) is 2.16. The predicted molar refractivity (Wildman–Crippen MR) is 74.1 cm³/mol. The molecule has 0 aromatic heterocycles. The van der Waals surface area contributed by atoms with Gasteiger partial charge >= 0.3 is 5.69 Å². The van der Waals surface area contributed by atoms with Crippen LogP contribution in [0.4, 0.5) is 11.4 Å². The van der Waals surface area contributed by atoms with Gasteiger partial charge in [-0.15, -0.1) is 0 Å². The molecule has 0 aliphatic carbocycles. The number of likely N-dealkylation sites (N-methyl/N-ethyl adjacent to an activating group) is 1. The minimum Gasteiger partial charge on any atom is -0.487 e. The maximum Gasteiger partial charge on any atom is 0.333 e. The SMILES string of the molecule is CCOc1cccc(NC2CC(=O)N(C)C2=O)c1[N+](=O)[O-]. The van der Waals surface area contributed by atoms with E-state index in [9.17, 15) is 19.7 Å². The topological polar surface area (TPSA) is 102 Å². The van der Waals surface area contributed by atoms with E-state index in [1.807, 2.05) is 0 Å². The van der Waals surface area contributed by atoms with Gasteiger partial charge in [-0.25, -0.2) is 0 Å². The summed E-state index contributed by atoms with van der Waals surface area (Å²) in [5.74, 6) is -0.602. The average Bonchev–Trinajstić information content (AvgIpc) is 2.67. The lowest BCUT2D eigenvalue weighted by Crippen LogP contribution is -2.32. The molecule has 0 saturated carbocycles. The van der Waals surface area contributed by atoms with Crippen LogP contribution in [0.15, 0.2) is 18.2 Å². The van der Waals surface area contributed by atoms with Crippen molar-refractivity contribution >= 4 is 23.2 Å². The zero-order valence-electron chi connectivity index (χ0n) is 11.7. The molecule has 8 nitrogen and oxygen atoms in total. The normalized spacial score (nSPS) is 18.0. The summed E-state index contributed by atoms with van der Waals surface area (Å²) in [7, 11) is 1.39. The number of likely N-dealkylation sites (tertiary alicyclic amines) is 1. The highest BCUT2D eigenvalue weighted by Gasteiger charge is 2.37. The largest absolute Gasteiger partial charge is 0.487 e. The Morgan fingerprint density at radius 2 is 2.19 bits per heavy atom. The van der Waals surface area contributed by atoms with Crippen molar-refractivity contribution in [2.75, 3.05) is 19.0 Å². The Hall–Kier alpha value is -2.64. The summed E-state index contributed by atoms with van der Waals surface area (Å²) in [6.07, 6.45) is -0.0225. The molecule has 0 spiro atoms. The Morgan fingerprint density at radius 3 is 2.71 bits per heavy atom. The molecule has 1 unspecified atom stereocenters. The van der Waals surface area contributed by atoms with E-state index < -0.39 is 16.9 Å². The van der Waals surface area contributed by atoms with Crippen molar-refractivity contribution in [1.29, 1.82) is 0 Å². The molecule has 1 aliphatic heterocycles. The molecular weight excluding hydrogens is 278 g/mol. The quantitative estimate of drug-likeness (QED) is 0.496. The lowest BCUT2D eigenvalue weighted by Gasteiger charge is -2.14. The number of nitrogens with one attached hydrogen (secondary N) is 1. The first kappa shape index (κ1) is 14.8. The van der Waals surface area contributed by atoms with Crippen LogP contribution in [0, 0.1) is 10.1 Å². The van der Waals surface area contributed by atoms with Crippen molar-refractivity contribution in [3.63, 3.8) is 0 Å². The van der Waals surface area contributed by atoms with Gasteiger partial charge in [0.05, 0.1) is 18.0 Å². The fourth-order valence-corrected chi connectivity index (χ4v) is 2.16. The smallest absolute Gasteiger partial charge is 0.333 e. The molecule has 2 rings (SSSR count). The van der Waals surface area contributed by atoms with E-state index in [1.165, 1.54) is 19.2 Å². The van der Waals surface area contributed by atoms with Gasteiger partial charge in [-0.1, -0.05) is 6.07 Å². The van der Waals surface area contributed by atoms with Gasteiger partial charge in [0.15, 0.2) is 5.75 Å². The molecule has 21 heavy (non-hydrogen) atoms. The number of carbonyl (C=O) groups is 2. The van der Waals surface area contributed by atoms with Gasteiger partial charge in [-0.2, -0.15) is 0 Å². The molecule has 8 heteroatoms. The number of anilines is 1. The van der Waals surface area contributed by atoms with Gasteiger partial charge in [0.25, 0.3) is 5.91 Å². The Bertz CT molecular complexity index is 601. The molecule has 1 atom stereocenters. The van der Waals surface area contributed by atoms with Gasteiger partial charge in [0.2, 0.25) is 5.91 Å². The zero-order valence-corrected chi connectivity index (χ0v) is 11.7. The number of hydrogen-bond acceptors (Lipinski definition) is 6. The first-order valence-electron chi connectivity index (χ1n) is 6.42. The first-order chi connectivity index (χ1) is 9.95. The highest BCUT2D eigenvalue weighted by molar-refractivity contribution is 6.06. The Balaban J connectivity index is 2.32. The van der Waals surface area contributed by atoms with E-state index in [0.717, 1.165) is 4.90 Å². The number of rotatable bonds is 5. The van der Waals surface area contributed by atoms with Crippen LogP contribution in [0.5, 0.6) is 5.75 Å². The zero-order chi connectivity index (χ0) is 15.6. The summed E-state index contributed by atoms with van der Waals surface area (Å²) in [5.41, 5.74) is -0.0819. The van der Waals surface area contributed by atoms with E-state index in [4.69, 9.17) is 4.74 Å². The predicted octanol–water partition coefficient (Wildman–Crippen LogP) is 1.16. The summed E-state index contributed by atoms with van der Waals surface area (Å²) in [5, 5.41) is 14.0. The molecule has 1 aromatic carbocycles. The van der Waals surface area contributed by atoms with Crippen LogP contribution in [0.1, 0.15) is 13.3 Å². The number of carbonyl (C=O) groups excluding carboxylic acids is 2. The second-order valence-electron chi connectivity index (χ2n) is 4.53. The third-order valence-corrected chi connectivity index (χ3v) is 3.19. The minimum atomic E-state index is -0.793. The molecule has 112 valence electrons. The van der Waals surface area contributed by atoms with Crippen LogP contribution in [0.3, 0.4) is 0 Å². The highest BCUT2D eigenvalue weighted by atomic mass is 16.6. The Labute approximate surface area is 120 Å². The maximum absolute atomic E-state index is 11.9. The van der Waals surface area contributed by atoms with E-state index >= 15 is 0 Å². The van der Waals surface area contributed by atoms with Crippen molar-refractivity contribution in [2.24, 2.45) is 0 Å². The summed E-state index contributed by atoms with van der Waals surface area (Å²) < 4.78 is 5.23. The Morgan fingerprint density at radius 1 is 1.48 bits per heavy atom. The molecular formula is C13H15N3O5. The minimum absolute atomic E-state index is 0.0225. The molecule has 1 aliphatic rings. The number of ether oxygens (including phenoxy) is 1. The molecule has 1 fully saturated rings. The van der Waals surface area contributed by atoms with Crippen molar-refractivity contribution in [1.82, 2.24) is 4.90 Å². The second-order valence-corrected chi connectivity index (χ2v) is 4.53. The summed E-state index contributed by atoms with van der Waals surface area (Å²) in [4.78, 5) is 35.0. The van der Waals surface area contributed by atoms with Gasteiger partial charge in [-0.3, -0.25) is 24.6 Å². The summed E-state index contributed by atoms with van der Waals surface area (Å²) in [6, 6.07) is 3.76. The first-order valence-corrected chi connectivity index (χ1v) is 6.42. The van der Waals surface area contributed by atoms with E-state index in [0.29, 0.717) is 0 Å². The second kappa shape index (κ2) is 5.78. The third-order valence-electron chi connectivity index (χ3n) is 3.19. The average molecular weight is 293 g/mol. The monoisotopic (exact) mass is 293 g/mol. The van der Waals surface area contributed by atoms with Gasteiger partial charge in [-0.05, 0) is 19.1 Å². The van der Waals surface area contributed by atoms with Gasteiger partial charge in [0.1, 0.15) is 11.7 Å². The van der Waals surface area contributed by atoms with E-state index in [2.05, 4.69) is 5.32 Å². The molecule has 1 heterocycles. The number of imide groups is 1. The van der Waals surface area contributed by atoms with Crippen molar-refractivity contribution in [3.8, 4) is 5.75 Å². The number of hydrogen-bond donors (Lipinski definition) is 1. The molecule has 2 amide bonds. The third kappa shape index (κ3) is 2.78. The summed E-state index contributed by atoms with van der Waals surface area (Å²) >= 11 is 0. The van der Waals surface area contributed by atoms with Crippen LogP contribution in [0.2, 0.25) is 0 Å². The van der Waals surface area contributed by atoms with E-state index in [1.54, 1.807) is 13.0 Å². The number of nitrogens with zero attached hydrogens (tertiary/aromatic N) is 2. The van der Waals surface area contributed by atoms with Gasteiger partial charge < -0.3 is 10.1 Å².